The average molecular weight is 781 g/mol. The molecule has 0 aliphatic heterocycles. The van der Waals surface area contributed by atoms with E-state index in [9.17, 15) is 45.6 Å². The van der Waals surface area contributed by atoms with Gasteiger partial charge in [-0.1, -0.05) is 0 Å². The fourth-order valence-electron chi connectivity index (χ4n) is 3.93. The summed E-state index contributed by atoms with van der Waals surface area (Å²) in [6.07, 6.45) is 0. The molecule has 0 saturated heterocycles. The van der Waals surface area contributed by atoms with Crippen LogP contribution in [0.1, 0.15) is 30.5 Å². The highest BCUT2D eigenvalue weighted by atomic mass is 32.2. The van der Waals surface area contributed by atoms with Crippen LogP contribution in [-0.4, -0.2) is 98.0 Å². The Morgan fingerprint density at radius 2 is 0.980 bits per heavy atom. The molecule has 4 heterocycles. The van der Waals surface area contributed by atoms with Gasteiger partial charge in [0.05, 0.1) is 39.6 Å². The molecule has 4 aromatic rings. The third kappa shape index (κ3) is 7.61. The first-order chi connectivity index (χ1) is 23.3. The second-order valence-electron chi connectivity index (χ2n) is 9.35. The lowest BCUT2D eigenvalue weighted by atomic mass is 10.3. The molecule has 0 aliphatic carbocycles. The third-order valence-corrected chi connectivity index (χ3v) is 11.4. The fourth-order valence-corrected chi connectivity index (χ4v) is 8.94. The molecule has 0 fully saturated rings. The molecule has 0 unspecified atom stereocenters. The number of aryl methyl sites for hydroxylation is 2. The quantitative estimate of drug-likeness (QED) is 0.211. The minimum absolute atomic E-state index is 0.181. The minimum atomic E-state index is -4.45. The van der Waals surface area contributed by atoms with E-state index in [0.29, 0.717) is 9.36 Å². The molecule has 22 nitrogen and oxygen atoms in total. The maximum atomic E-state index is 12.5. The van der Waals surface area contributed by atoms with Gasteiger partial charge in [0, 0.05) is 34.6 Å². The molecule has 2 amide bonds. The molecule has 4 aromatic heterocycles. The normalized spacial score (nSPS) is 11.2. The van der Waals surface area contributed by atoms with Crippen LogP contribution in [0.25, 0.3) is 0 Å². The fraction of sp³-hybridized carbons (Fsp3) is 0.333. The maximum Gasteiger partial charge on any atom is 0.360 e. The van der Waals surface area contributed by atoms with E-state index in [0.717, 1.165) is 46.0 Å². The number of ether oxygens (including phenoxy) is 4. The van der Waals surface area contributed by atoms with E-state index in [-0.39, 0.29) is 32.9 Å². The predicted octanol–water partition coefficient (Wildman–Crippen LogP) is -0.613. The van der Waals surface area contributed by atoms with Gasteiger partial charge in [0.25, 0.3) is 20.0 Å². The molecule has 0 bridgehead atoms. The third-order valence-electron chi connectivity index (χ3n) is 6.26. The number of nitrogens with one attached hydrogen (secondary N) is 2. The Hall–Kier alpha value is -5.34. The Balaban J connectivity index is 0.000000270. The van der Waals surface area contributed by atoms with E-state index in [1.165, 1.54) is 52.9 Å². The Bertz CT molecular complexity index is 2160. The summed E-state index contributed by atoms with van der Waals surface area (Å²) in [5.41, 5.74) is -2.23. The van der Waals surface area contributed by atoms with Crippen LogP contribution in [0.4, 0.5) is 9.59 Å². The lowest BCUT2D eigenvalue weighted by Crippen LogP contribution is -2.40. The highest BCUT2D eigenvalue weighted by Gasteiger charge is 2.32. The monoisotopic (exact) mass is 780 g/mol. The van der Waals surface area contributed by atoms with Gasteiger partial charge in [0.15, 0.2) is 0 Å². The molecule has 0 aromatic carbocycles. The van der Waals surface area contributed by atoms with Crippen molar-refractivity contribution in [2.75, 3.05) is 28.4 Å². The number of esters is 2. The summed E-state index contributed by atoms with van der Waals surface area (Å²) >= 11 is 2.00. The Morgan fingerprint density at radius 1 is 0.660 bits per heavy atom. The van der Waals surface area contributed by atoms with Crippen LogP contribution in [0.5, 0.6) is 12.0 Å². The van der Waals surface area contributed by atoms with Crippen LogP contribution in [0, 0.1) is 13.8 Å². The zero-order valence-electron chi connectivity index (χ0n) is 27.2. The molecule has 272 valence electrons. The Labute approximate surface area is 289 Å². The summed E-state index contributed by atoms with van der Waals surface area (Å²) in [6.45, 7) is 2.93. The maximum absolute atomic E-state index is 12.5. The summed E-state index contributed by atoms with van der Waals surface area (Å²) in [5.74, 6) is -1.73. The van der Waals surface area contributed by atoms with Gasteiger partial charge in [-0.05, 0) is 13.8 Å². The van der Waals surface area contributed by atoms with Crippen LogP contribution >= 0.6 is 22.7 Å². The molecule has 2 N–H and O–H groups in total. The van der Waals surface area contributed by atoms with Gasteiger partial charge in [0.1, 0.15) is 9.79 Å². The molecule has 0 radical (unpaired) electrons. The number of amides is 2. The van der Waals surface area contributed by atoms with Crippen LogP contribution in [0.15, 0.2) is 30.1 Å². The molecule has 26 heteroatoms. The van der Waals surface area contributed by atoms with Crippen molar-refractivity contribution in [1.82, 2.24) is 38.1 Å². The van der Waals surface area contributed by atoms with Gasteiger partial charge in [-0.2, -0.15) is 0 Å². The van der Waals surface area contributed by atoms with Gasteiger partial charge in [-0.3, -0.25) is 0 Å². The summed E-state index contributed by atoms with van der Waals surface area (Å²) in [5, 5.41) is 9.74. The van der Waals surface area contributed by atoms with E-state index >= 15 is 0 Å². The average Bonchev–Trinajstić information content (AvgIpc) is 3.80. The number of carbonyl (C=O) groups excluding carboxylic acids is 4. The number of methoxy groups -OCH3 is 4. The molecule has 0 atom stereocenters. The first kappa shape index (κ1) is 39.1. The number of nitrogens with zero attached hydrogens (tertiary/aromatic N) is 6. The molecule has 4 rings (SSSR count). The topological polar surface area (TPSA) is 277 Å². The summed E-state index contributed by atoms with van der Waals surface area (Å²) in [7, 11) is -1.63. The van der Waals surface area contributed by atoms with Crippen LogP contribution < -0.4 is 30.3 Å². The lowest BCUT2D eigenvalue weighted by molar-refractivity contribution is 0.0588. The predicted molar refractivity (Wildman–Crippen MR) is 171 cm³/mol. The number of rotatable bonds is 8. The van der Waals surface area contributed by atoms with Gasteiger partial charge < -0.3 is 18.9 Å². The number of hydrogen-bond donors (Lipinski definition) is 2. The van der Waals surface area contributed by atoms with E-state index in [1.807, 2.05) is 0 Å². The van der Waals surface area contributed by atoms with Gasteiger partial charge in [0.2, 0.25) is 0 Å². The Morgan fingerprint density at radius 3 is 1.24 bits per heavy atom. The Kier molecular flexibility index (Phi) is 11.8. The largest absolute Gasteiger partial charge is 0.467 e. The lowest BCUT2D eigenvalue weighted by Gasteiger charge is -2.07. The molecule has 50 heavy (non-hydrogen) atoms. The molecular weight excluding hydrogens is 753 g/mol. The number of sulfonamides is 2. The van der Waals surface area contributed by atoms with Crippen LogP contribution in [-0.2, 0) is 43.6 Å². The second kappa shape index (κ2) is 15.0. The second-order valence-corrected chi connectivity index (χ2v) is 14.8. The zero-order valence-corrected chi connectivity index (χ0v) is 30.5. The number of thiophene rings is 2. The van der Waals surface area contributed by atoms with Crippen LogP contribution in [0.3, 0.4) is 0 Å². The number of carbonyl (C=O) groups is 4. The first-order valence-electron chi connectivity index (χ1n) is 13.1. The van der Waals surface area contributed by atoms with Crippen molar-refractivity contribution in [3.63, 3.8) is 0 Å². The first-order valence-corrected chi connectivity index (χ1v) is 17.9. The van der Waals surface area contributed by atoms with Gasteiger partial charge in [-0.15, -0.1) is 42.2 Å². The van der Waals surface area contributed by atoms with Crippen molar-refractivity contribution in [1.29, 1.82) is 0 Å². The van der Waals surface area contributed by atoms with Crippen molar-refractivity contribution < 1.29 is 55.0 Å². The molecule has 0 spiro atoms. The van der Waals surface area contributed by atoms with Crippen molar-refractivity contribution in [3.05, 3.63) is 52.6 Å². The van der Waals surface area contributed by atoms with Crippen molar-refractivity contribution >= 4 is 66.7 Å². The SMILES string of the molecule is COC(=O)c1csc(C)c1S(=O)(=O)NC(=O)n1nc(OC)n(C)c1=O.COC(=O)c1csc(C)c1S(=O)(=O)NC(=O)n1nc(OC)n(C)c1=O. The van der Waals surface area contributed by atoms with E-state index < -0.39 is 65.2 Å². The highest BCUT2D eigenvalue weighted by Crippen LogP contribution is 2.28. The van der Waals surface area contributed by atoms with Crippen LogP contribution in [0.2, 0.25) is 0 Å². The van der Waals surface area contributed by atoms with Crippen molar-refractivity contribution in [2.24, 2.45) is 14.1 Å². The standard InChI is InChI=1S/2C12H14N4O7S2/c2*1-6-8(7(5-24-6)9(17)22-3)25(20,21)14-10(18)16-12(19)15(2)11(13-16)23-4/h2*5H,1-4H3,(H,14,18). The number of aromatic nitrogens is 6. The van der Waals surface area contributed by atoms with Gasteiger partial charge in [-0.25, -0.2) is 64.2 Å². The molecule has 0 saturated carbocycles. The summed E-state index contributed by atoms with van der Waals surface area (Å²) in [4.78, 5) is 71.3. The summed E-state index contributed by atoms with van der Waals surface area (Å²) in [6, 6.07) is -2.99. The summed E-state index contributed by atoms with van der Waals surface area (Å²) < 4.78 is 74.5. The van der Waals surface area contributed by atoms with Crippen molar-refractivity contribution in [3.8, 4) is 12.0 Å². The highest BCUT2D eigenvalue weighted by molar-refractivity contribution is 7.90. The van der Waals surface area contributed by atoms with E-state index in [4.69, 9.17) is 9.47 Å². The van der Waals surface area contributed by atoms with E-state index in [2.05, 4.69) is 19.7 Å². The minimum Gasteiger partial charge on any atom is -0.467 e. The molecule has 0 aliphatic rings. The zero-order chi connectivity index (χ0) is 37.9. The van der Waals surface area contributed by atoms with Gasteiger partial charge >= 0.3 is 47.4 Å². The van der Waals surface area contributed by atoms with Crippen molar-refractivity contribution in [2.45, 2.75) is 23.6 Å². The molecular formula is C24H28N8O14S4. The smallest absolute Gasteiger partial charge is 0.360 e. The number of hydrogen-bond acceptors (Lipinski definition) is 18. The van der Waals surface area contributed by atoms with E-state index in [1.54, 1.807) is 9.44 Å².